The fraction of sp³-hybridized carbons (Fsp3) is 0.222. The zero-order valence-electron chi connectivity index (χ0n) is 6.83. The van der Waals surface area contributed by atoms with Gasteiger partial charge in [-0.2, -0.15) is 5.10 Å². The molecule has 0 unspecified atom stereocenters. The molecule has 3 heteroatoms. The number of aromatic amines is 1. The molecule has 0 aliphatic carbocycles. The number of nitrogens with zero attached hydrogens (tertiary/aromatic N) is 1. The highest BCUT2D eigenvalue weighted by Gasteiger charge is 2.04. The Kier molecular flexibility index (Phi) is 1.59. The molecule has 0 saturated carbocycles. The summed E-state index contributed by atoms with van der Waals surface area (Å²) in [6.07, 6.45) is 0. The average molecular weight is 162 g/mol. The molecule has 0 aliphatic rings. The molecule has 1 aromatic carbocycles. The molecule has 2 aromatic rings. The average Bonchev–Trinajstić information content (AvgIpc) is 2.49. The molecule has 0 aliphatic heterocycles. The van der Waals surface area contributed by atoms with Gasteiger partial charge < -0.3 is 5.11 Å². The van der Waals surface area contributed by atoms with E-state index in [-0.39, 0.29) is 6.61 Å². The maximum Gasteiger partial charge on any atom is 0.0953 e. The van der Waals surface area contributed by atoms with Crippen molar-refractivity contribution in [2.24, 2.45) is 0 Å². The number of aliphatic hydroxyl groups excluding tert-OH is 1. The van der Waals surface area contributed by atoms with Crippen LogP contribution in [0.5, 0.6) is 0 Å². The summed E-state index contributed by atoms with van der Waals surface area (Å²) < 4.78 is 0. The van der Waals surface area contributed by atoms with Crippen molar-refractivity contribution in [1.29, 1.82) is 0 Å². The summed E-state index contributed by atoms with van der Waals surface area (Å²) >= 11 is 0. The molecule has 0 amide bonds. The Balaban J connectivity index is 2.80. The van der Waals surface area contributed by atoms with Gasteiger partial charge in [0.05, 0.1) is 17.8 Å². The molecule has 0 saturated heterocycles. The van der Waals surface area contributed by atoms with E-state index in [2.05, 4.69) is 10.2 Å². The first kappa shape index (κ1) is 7.31. The molecule has 0 spiro atoms. The van der Waals surface area contributed by atoms with Gasteiger partial charge in [0.2, 0.25) is 0 Å². The Morgan fingerprint density at radius 2 is 2.33 bits per heavy atom. The minimum Gasteiger partial charge on any atom is -0.390 e. The summed E-state index contributed by atoms with van der Waals surface area (Å²) in [4.78, 5) is 0. The number of aryl methyl sites for hydroxylation is 1. The molecule has 12 heavy (non-hydrogen) atoms. The van der Waals surface area contributed by atoms with Gasteiger partial charge >= 0.3 is 0 Å². The van der Waals surface area contributed by atoms with Gasteiger partial charge in [0, 0.05) is 5.39 Å². The van der Waals surface area contributed by atoms with Gasteiger partial charge in [0.1, 0.15) is 0 Å². The van der Waals surface area contributed by atoms with Gasteiger partial charge in [-0.05, 0) is 12.5 Å². The topological polar surface area (TPSA) is 48.9 Å². The SMILES string of the molecule is Cc1cccc2c(CO)[nH]nc12. The number of fused-ring (bicyclic) bond motifs is 1. The lowest BCUT2D eigenvalue weighted by molar-refractivity contribution is 0.278. The molecule has 2 N–H and O–H groups in total. The second-order valence-corrected chi connectivity index (χ2v) is 2.83. The lowest BCUT2D eigenvalue weighted by atomic mass is 10.1. The van der Waals surface area contributed by atoms with Crippen LogP contribution in [0.25, 0.3) is 10.9 Å². The molecule has 3 nitrogen and oxygen atoms in total. The zero-order valence-corrected chi connectivity index (χ0v) is 6.83. The van der Waals surface area contributed by atoms with Gasteiger partial charge in [-0.1, -0.05) is 18.2 Å². The van der Waals surface area contributed by atoms with Crippen molar-refractivity contribution in [3.63, 3.8) is 0 Å². The largest absolute Gasteiger partial charge is 0.390 e. The summed E-state index contributed by atoms with van der Waals surface area (Å²) in [5.74, 6) is 0. The fourth-order valence-corrected chi connectivity index (χ4v) is 1.36. The van der Waals surface area contributed by atoms with E-state index in [9.17, 15) is 0 Å². The number of hydrogen-bond acceptors (Lipinski definition) is 2. The lowest BCUT2D eigenvalue weighted by Crippen LogP contribution is -1.82. The van der Waals surface area contributed by atoms with E-state index in [0.717, 1.165) is 22.2 Å². The summed E-state index contributed by atoms with van der Waals surface area (Å²) in [6, 6.07) is 5.92. The highest BCUT2D eigenvalue weighted by molar-refractivity contribution is 5.83. The van der Waals surface area contributed by atoms with E-state index < -0.39 is 0 Å². The smallest absolute Gasteiger partial charge is 0.0953 e. The third-order valence-electron chi connectivity index (χ3n) is 2.02. The van der Waals surface area contributed by atoms with Gasteiger partial charge in [-0.3, -0.25) is 5.10 Å². The van der Waals surface area contributed by atoms with Crippen LogP contribution in [0.2, 0.25) is 0 Å². The van der Waals surface area contributed by atoms with Crippen molar-refractivity contribution in [1.82, 2.24) is 10.2 Å². The third kappa shape index (κ3) is 0.905. The summed E-state index contributed by atoms with van der Waals surface area (Å²) in [6.45, 7) is 2.02. The Bertz CT molecular complexity index is 406. The number of H-pyrrole nitrogens is 1. The van der Waals surface area contributed by atoms with Crippen molar-refractivity contribution in [3.05, 3.63) is 29.5 Å². The van der Waals surface area contributed by atoms with Crippen molar-refractivity contribution in [2.75, 3.05) is 0 Å². The second-order valence-electron chi connectivity index (χ2n) is 2.83. The van der Waals surface area contributed by atoms with E-state index in [4.69, 9.17) is 5.11 Å². The molecular formula is C9H10N2O. The molecule has 1 heterocycles. The quantitative estimate of drug-likeness (QED) is 0.665. The van der Waals surface area contributed by atoms with Crippen LogP contribution in [0.3, 0.4) is 0 Å². The number of benzene rings is 1. The predicted octanol–water partition coefficient (Wildman–Crippen LogP) is 1.36. The monoisotopic (exact) mass is 162 g/mol. The van der Waals surface area contributed by atoms with Crippen LogP contribution in [-0.2, 0) is 6.61 Å². The Morgan fingerprint density at radius 3 is 3.08 bits per heavy atom. The van der Waals surface area contributed by atoms with E-state index in [1.54, 1.807) is 0 Å². The van der Waals surface area contributed by atoms with E-state index in [1.165, 1.54) is 0 Å². The van der Waals surface area contributed by atoms with E-state index in [0.29, 0.717) is 0 Å². The normalized spacial score (nSPS) is 10.8. The molecule has 2 rings (SSSR count). The number of rotatable bonds is 1. The standard InChI is InChI=1S/C9H10N2O/c1-6-3-2-4-7-8(5-12)10-11-9(6)7/h2-4,12H,5H2,1H3,(H,10,11). The van der Waals surface area contributed by atoms with Gasteiger partial charge in [0.15, 0.2) is 0 Å². The minimum atomic E-state index is 0.0138. The first-order chi connectivity index (χ1) is 5.83. The zero-order chi connectivity index (χ0) is 8.55. The molecular weight excluding hydrogens is 152 g/mol. The summed E-state index contributed by atoms with van der Waals surface area (Å²) in [7, 11) is 0. The van der Waals surface area contributed by atoms with Crippen molar-refractivity contribution >= 4 is 10.9 Å². The highest BCUT2D eigenvalue weighted by atomic mass is 16.3. The number of nitrogens with one attached hydrogen (secondary N) is 1. The third-order valence-corrected chi connectivity index (χ3v) is 2.02. The maximum absolute atomic E-state index is 8.94. The Hall–Kier alpha value is -1.35. The predicted molar refractivity (Wildman–Crippen MR) is 46.8 cm³/mol. The van der Waals surface area contributed by atoms with Crippen LogP contribution < -0.4 is 0 Å². The van der Waals surface area contributed by atoms with Crippen LogP contribution >= 0.6 is 0 Å². The van der Waals surface area contributed by atoms with Gasteiger partial charge in [-0.25, -0.2) is 0 Å². The molecule has 1 aromatic heterocycles. The molecule has 0 radical (unpaired) electrons. The van der Waals surface area contributed by atoms with E-state index >= 15 is 0 Å². The van der Waals surface area contributed by atoms with Crippen LogP contribution in [0.4, 0.5) is 0 Å². The molecule has 0 bridgehead atoms. The van der Waals surface area contributed by atoms with Crippen molar-refractivity contribution in [2.45, 2.75) is 13.5 Å². The number of aromatic nitrogens is 2. The van der Waals surface area contributed by atoms with Crippen LogP contribution in [0.15, 0.2) is 18.2 Å². The molecule has 62 valence electrons. The number of para-hydroxylation sites is 1. The fourth-order valence-electron chi connectivity index (χ4n) is 1.36. The lowest BCUT2D eigenvalue weighted by Gasteiger charge is -1.93. The van der Waals surface area contributed by atoms with Crippen molar-refractivity contribution < 1.29 is 5.11 Å². The summed E-state index contributed by atoms with van der Waals surface area (Å²) in [5, 5.41) is 16.9. The van der Waals surface area contributed by atoms with Gasteiger partial charge in [-0.15, -0.1) is 0 Å². The molecule has 0 fully saturated rings. The summed E-state index contributed by atoms with van der Waals surface area (Å²) in [5.41, 5.74) is 2.86. The number of hydrogen-bond donors (Lipinski definition) is 2. The van der Waals surface area contributed by atoms with Crippen molar-refractivity contribution in [3.8, 4) is 0 Å². The van der Waals surface area contributed by atoms with Gasteiger partial charge in [0.25, 0.3) is 0 Å². The molecule has 0 atom stereocenters. The van der Waals surface area contributed by atoms with E-state index in [1.807, 2.05) is 25.1 Å². The maximum atomic E-state index is 8.94. The highest BCUT2D eigenvalue weighted by Crippen LogP contribution is 2.18. The first-order valence-corrected chi connectivity index (χ1v) is 3.86. The minimum absolute atomic E-state index is 0.0138. The van der Waals surface area contributed by atoms with Crippen LogP contribution in [0.1, 0.15) is 11.3 Å². The Morgan fingerprint density at radius 1 is 1.50 bits per heavy atom. The van der Waals surface area contributed by atoms with Crippen LogP contribution in [0, 0.1) is 6.92 Å². The second kappa shape index (κ2) is 2.60. The van der Waals surface area contributed by atoms with Crippen LogP contribution in [-0.4, -0.2) is 15.3 Å². The number of aliphatic hydroxyl groups is 1. The Labute approximate surface area is 70.0 Å². The first-order valence-electron chi connectivity index (χ1n) is 3.86.